The highest BCUT2D eigenvalue weighted by Crippen LogP contribution is 2.23. The van der Waals surface area contributed by atoms with Crippen molar-refractivity contribution in [2.45, 2.75) is 39.2 Å². The van der Waals surface area contributed by atoms with Gasteiger partial charge in [0.25, 0.3) is 0 Å². The molecule has 1 aliphatic rings. The van der Waals surface area contributed by atoms with Crippen molar-refractivity contribution in [1.82, 2.24) is 4.90 Å². The molecule has 0 saturated carbocycles. The minimum absolute atomic E-state index is 0.338. The molecule has 1 fully saturated rings. The molecule has 0 spiro atoms. The number of likely N-dealkylation sites (tertiary alicyclic amines) is 1. The van der Waals surface area contributed by atoms with Gasteiger partial charge < -0.3 is 9.84 Å². The molecule has 1 saturated heterocycles. The minimum Gasteiger partial charge on any atom is -0.493 e. The van der Waals surface area contributed by atoms with E-state index in [0.29, 0.717) is 12.5 Å². The fraction of sp³-hybridized carbons (Fsp3) is 0.647. The van der Waals surface area contributed by atoms with Gasteiger partial charge in [0.2, 0.25) is 0 Å². The molecule has 3 nitrogen and oxygen atoms in total. The van der Waals surface area contributed by atoms with Gasteiger partial charge in [-0.25, -0.2) is 0 Å². The first-order valence-corrected chi connectivity index (χ1v) is 7.87. The number of rotatable bonds is 7. The van der Waals surface area contributed by atoms with Crippen molar-refractivity contribution in [2.24, 2.45) is 5.92 Å². The Labute approximate surface area is 122 Å². The van der Waals surface area contributed by atoms with E-state index < -0.39 is 0 Å². The number of nitrogens with zero attached hydrogens (tertiary/aromatic N) is 1. The fourth-order valence-corrected chi connectivity index (χ4v) is 2.67. The minimum atomic E-state index is 0.338. The van der Waals surface area contributed by atoms with Crippen LogP contribution in [0.4, 0.5) is 0 Å². The van der Waals surface area contributed by atoms with E-state index in [2.05, 4.69) is 30.0 Å². The lowest BCUT2D eigenvalue weighted by molar-refractivity contribution is 0.126. The second kappa shape index (κ2) is 8.28. The summed E-state index contributed by atoms with van der Waals surface area (Å²) in [5, 5.41) is 9.19. The summed E-state index contributed by atoms with van der Waals surface area (Å²) in [5.74, 6) is 1.53. The molecule has 1 aromatic carbocycles. The van der Waals surface area contributed by atoms with Gasteiger partial charge in [0.1, 0.15) is 5.75 Å². The zero-order chi connectivity index (χ0) is 14.2. The van der Waals surface area contributed by atoms with Crippen molar-refractivity contribution in [2.75, 3.05) is 26.3 Å². The van der Waals surface area contributed by atoms with Gasteiger partial charge in [0.15, 0.2) is 0 Å². The lowest BCUT2D eigenvalue weighted by Crippen LogP contribution is -2.34. The molecule has 2 rings (SSSR count). The van der Waals surface area contributed by atoms with Gasteiger partial charge >= 0.3 is 0 Å². The van der Waals surface area contributed by atoms with Crippen molar-refractivity contribution in [3.63, 3.8) is 0 Å². The normalized spacial score (nSPS) is 17.3. The Balaban J connectivity index is 1.88. The van der Waals surface area contributed by atoms with Crippen molar-refractivity contribution in [3.05, 3.63) is 29.8 Å². The van der Waals surface area contributed by atoms with Crippen LogP contribution in [-0.4, -0.2) is 36.3 Å². The highest BCUT2D eigenvalue weighted by atomic mass is 16.5. The van der Waals surface area contributed by atoms with E-state index in [0.717, 1.165) is 57.7 Å². The molecule has 1 heterocycles. The van der Waals surface area contributed by atoms with Crippen LogP contribution in [0.5, 0.6) is 5.75 Å². The monoisotopic (exact) mass is 277 g/mol. The Morgan fingerprint density at radius 1 is 1.25 bits per heavy atom. The van der Waals surface area contributed by atoms with Crippen LogP contribution in [0.1, 0.15) is 38.2 Å². The number of ether oxygens (including phenoxy) is 1. The Bertz CT molecular complexity index is 386. The quantitative estimate of drug-likeness (QED) is 0.778. The van der Waals surface area contributed by atoms with E-state index in [1.54, 1.807) is 0 Å². The smallest absolute Gasteiger partial charge is 0.123 e. The topological polar surface area (TPSA) is 32.7 Å². The summed E-state index contributed by atoms with van der Waals surface area (Å²) >= 11 is 0. The molecular weight excluding hydrogens is 250 g/mol. The van der Waals surface area contributed by atoms with E-state index in [1.807, 2.05) is 6.07 Å². The van der Waals surface area contributed by atoms with Crippen LogP contribution in [0.2, 0.25) is 0 Å². The molecule has 0 radical (unpaired) electrons. The second-order valence-electron chi connectivity index (χ2n) is 5.71. The average molecular weight is 277 g/mol. The predicted octanol–water partition coefficient (Wildman–Crippen LogP) is 3.07. The molecule has 0 atom stereocenters. The molecule has 1 N–H and O–H groups in total. The van der Waals surface area contributed by atoms with Crippen LogP contribution in [0, 0.1) is 5.92 Å². The molecule has 1 aromatic rings. The number of aliphatic hydroxyl groups excluding tert-OH is 1. The molecule has 0 aliphatic carbocycles. The molecule has 112 valence electrons. The van der Waals surface area contributed by atoms with Gasteiger partial charge in [-0.2, -0.15) is 0 Å². The fourth-order valence-electron chi connectivity index (χ4n) is 2.67. The lowest BCUT2D eigenvalue weighted by Gasteiger charge is -2.31. The number of hydrogen-bond acceptors (Lipinski definition) is 3. The summed E-state index contributed by atoms with van der Waals surface area (Å²) < 4.78 is 5.89. The molecule has 0 amide bonds. The largest absolute Gasteiger partial charge is 0.493 e. The first-order valence-electron chi connectivity index (χ1n) is 7.87. The van der Waals surface area contributed by atoms with E-state index in [4.69, 9.17) is 4.74 Å². The van der Waals surface area contributed by atoms with Crippen molar-refractivity contribution < 1.29 is 9.84 Å². The van der Waals surface area contributed by atoms with Crippen LogP contribution in [0.3, 0.4) is 0 Å². The Morgan fingerprint density at radius 2 is 2.00 bits per heavy atom. The van der Waals surface area contributed by atoms with E-state index in [-0.39, 0.29) is 0 Å². The summed E-state index contributed by atoms with van der Waals surface area (Å²) in [4.78, 5) is 2.47. The average Bonchev–Trinajstić information content (AvgIpc) is 2.50. The summed E-state index contributed by atoms with van der Waals surface area (Å²) in [6, 6.07) is 8.37. The third-order valence-electron chi connectivity index (χ3n) is 4.09. The van der Waals surface area contributed by atoms with Gasteiger partial charge in [-0.3, -0.25) is 4.90 Å². The van der Waals surface area contributed by atoms with Gasteiger partial charge in [-0.1, -0.05) is 31.5 Å². The maximum Gasteiger partial charge on any atom is 0.123 e. The molecule has 3 heteroatoms. The molecule has 0 aromatic heterocycles. The number of para-hydroxylation sites is 1. The van der Waals surface area contributed by atoms with Gasteiger partial charge in [-0.05, 0) is 44.3 Å². The van der Waals surface area contributed by atoms with E-state index in [9.17, 15) is 5.11 Å². The van der Waals surface area contributed by atoms with Gasteiger partial charge in [0.05, 0.1) is 6.61 Å². The Morgan fingerprint density at radius 3 is 2.70 bits per heavy atom. The number of piperidine rings is 1. The third kappa shape index (κ3) is 4.50. The summed E-state index contributed by atoms with van der Waals surface area (Å²) in [6.07, 6.45) is 4.48. The van der Waals surface area contributed by atoms with Crippen LogP contribution in [0.15, 0.2) is 24.3 Å². The molecule has 20 heavy (non-hydrogen) atoms. The summed E-state index contributed by atoms with van der Waals surface area (Å²) in [7, 11) is 0. The maximum atomic E-state index is 9.19. The van der Waals surface area contributed by atoms with E-state index >= 15 is 0 Å². The highest BCUT2D eigenvalue weighted by Gasteiger charge is 2.19. The molecular formula is C17H27NO2. The predicted molar refractivity (Wildman–Crippen MR) is 81.9 cm³/mol. The number of benzene rings is 1. The standard InChI is InChI=1S/C17H27NO2/c1-2-3-12-20-17-7-5-4-6-16(17)13-18-10-8-15(14-19)9-11-18/h4-7,15,19H,2-3,8-14H2,1H3. The number of aliphatic hydroxyl groups is 1. The van der Waals surface area contributed by atoms with Crippen molar-refractivity contribution in [1.29, 1.82) is 0 Å². The van der Waals surface area contributed by atoms with Crippen LogP contribution >= 0.6 is 0 Å². The molecule has 1 aliphatic heterocycles. The number of unbranched alkanes of at least 4 members (excludes halogenated alkanes) is 1. The lowest BCUT2D eigenvalue weighted by atomic mass is 9.97. The number of hydrogen-bond donors (Lipinski definition) is 1. The van der Waals surface area contributed by atoms with Crippen LogP contribution < -0.4 is 4.74 Å². The molecule has 0 unspecified atom stereocenters. The van der Waals surface area contributed by atoms with E-state index in [1.165, 1.54) is 5.56 Å². The third-order valence-corrected chi connectivity index (χ3v) is 4.09. The summed E-state index contributed by atoms with van der Waals surface area (Å²) in [5.41, 5.74) is 1.28. The van der Waals surface area contributed by atoms with Crippen LogP contribution in [-0.2, 0) is 6.54 Å². The second-order valence-corrected chi connectivity index (χ2v) is 5.71. The first-order chi connectivity index (χ1) is 9.83. The van der Waals surface area contributed by atoms with Gasteiger partial charge in [-0.15, -0.1) is 0 Å². The van der Waals surface area contributed by atoms with Crippen LogP contribution in [0.25, 0.3) is 0 Å². The van der Waals surface area contributed by atoms with Crippen molar-refractivity contribution >= 4 is 0 Å². The first kappa shape index (κ1) is 15.3. The van der Waals surface area contributed by atoms with Gasteiger partial charge in [0, 0.05) is 18.7 Å². The highest BCUT2D eigenvalue weighted by molar-refractivity contribution is 5.33. The summed E-state index contributed by atoms with van der Waals surface area (Å²) in [6.45, 7) is 6.44. The Hall–Kier alpha value is -1.06. The maximum absolute atomic E-state index is 9.19. The Kier molecular flexibility index (Phi) is 6.34. The zero-order valence-corrected chi connectivity index (χ0v) is 12.6. The molecule has 0 bridgehead atoms. The van der Waals surface area contributed by atoms with Crippen molar-refractivity contribution in [3.8, 4) is 5.75 Å². The zero-order valence-electron chi connectivity index (χ0n) is 12.6. The SMILES string of the molecule is CCCCOc1ccccc1CN1CCC(CO)CC1.